The third-order valence-electron chi connectivity index (χ3n) is 6.34. The number of hydrogen-bond donors (Lipinski definition) is 2. The van der Waals surface area contributed by atoms with E-state index in [1.54, 1.807) is 31.1 Å². The molecule has 7 nitrogen and oxygen atoms in total. The van der Waals surface area contributed by atoms with Gasteiger partial charge in [-0.15, -0.1) is 0 Å². The largest absolute Gasteiger partial charge is 0.390 e. The molecule has 2 amide bonds. The second-order valence-electron chi connectivity index (χ2n) is 10.1. The van der Waals surface area contributed by atoms with Crippen molar-refractivity contribution in [3.05, 3.63) is 71.4 Å². The van der Waals surface area contributed by atoms with Gasteiger partial charge >= 0.3 is 0 Å². The van der Waals surface area contributed by atoms with Crippen LogP contribution in [-0.4, -0.2) is 85.3 Å². The molecule has 1 saturated heterocycles. The average Bonchev–Trinajstić information content (AvgIpc) is 3.32. The molecular formula is C31H47F2N3O4. The molecule has 0 radical (unpaired) electrons. The summed E-state index contributed by atoms with van der Waals surface area (Å²) in [6, 6.07) is 3.73. The number of aryl methyl sites for hydroxylation is 1. The Morgan fingerprint density at radius 3 is 2.35 bits per heavy atom. The predicted octanol–water partition coefficient (Wildman–Crippen LogP) is 4.55. The monoisotopic (exact) mass is 563 g/mol. The van der Waals surface area contributed by atoms with Crippen LogP contribution in [0.2, 0.25) is 0 Å². The lowest BCUT2D eigenvalue weighted by atomic mass is 10.1. The van der Waals surface area contributed by atoms with Crippen LogP contribution in [-0.2, 0) is 14.3 Å². The van der Waals surface area contributed by atoms with Gasteiger partial charge in [0, 0.05) is 57.0 Å². The number of nitrogens with zero attached hydrogens (tertiary/aromatic N) is 2. The highest BCUT2D eigenvalue weighted by molar-refractivity contribution is 6.03. The Balaban J connectivity index is 0.000000747. The van der Waals surface area contributed by atoms with Crippen LogP contribution in [0.5, 0.6) is 0 Å². The molecule has 0 aromatic heterocycles. The number of nitrogens with one attached hydrogen (secondary N) is 1. The van der Waals surface area contributed by atoms with Crippen molar-refractivity contribution in [3.8, 4) is 0 Å². The van der Waals surface area contributed by atoms with Crippen LogP contribution in [0.25, 0.3) is 0 Å². The minimum Gasteiger partial charge on any atom is -0.390 e. The van der Waals surface area contributed by atoms with Gasteiger partial charge in [0.25, 0.3) is 5.91 Å². The van der Waals surface area contributed by atoms with Gasteiger partial charge in [0.2, 0.25) is 5.91 Å². The minimum atomic E-state index is -0.684. The molecule has 2 atom stereocenters. The number of halogens is 2. The number of benzene rings is 1. The Morgan fingerprint density at radius 2 is 1.82 bits per heavy atom. The summed E-state index contributed by atoms with van der Waals surface area (Å²) in [6.45, 7) is 14.7. The smallest absolute Gasteiger partial charge is 0.254 e. The number of β-amino-alcohol motifs (C(OH)–C–C–N with tert-alkyl or cyclic N) is 1. The number of carbonyl (C=O) groups excluding carboxylic acids is 2. The van der Waals surface area contributed by atoms with Crippen molar-refractivity contribution in [1.82, 2.24) is 15.1 Å². The number of aliphatic hydroxyl groups excluding tert-OH is 1. The van der Waals surface area contributed by atoms with Gasteiger partial charge < -0.3 is 20.1 Å². The molecule has 40 heavy (non-hydrogen) atoms. The van der Waals surface area contributed by atoms with E-state index in [1.807, 2.05) is 20.8 Å². The maximum Gasteiger partial charge on any atom is 0.254 e. The van der Waals surface area contributed by atoms with Crippen molar-refractivity contribution in [1.29, 1.82) is 0 Å². The SMILES string of the molecule is C=C/C(C)=C\C(=C/C(=O)NCC(O)CN1CCCC1COC)C(=O)N(CCC)CCC.Cc1cc(F)cc(F)c1. The van der Waals surface area contributed by atoms with Crippen molar-refractivity contribution in [2.45, 2.75) is 65.5 Å². The summed E-state index contributed by atoms with van der Waals surface area (Å²) in [5.74, 6) is -1.60. The molecule has 2 N–H and O–H groups in total. The molecule has 0 spiro atoms. The van der Waals surface area contributed by atoms with Crippen LogP contribution in [0, 0.1) is 18.6 Å². The zero-order valence-electron chi connectivity index (χ0n) is 24.7. The molecule has 1 heterocycles. The summed E-state index contributed by atoms with van der Waals surface area (Å²) in [5, 5.41) is 13.1. The molecule has 9 heteroatoms. The number of hydrogen-bond acceptors (Lipinski definition) is 5. The molecule has 0 aliphatic carbocycles. The Labute approximate surface area is 238 Å². The molecule has 1 aliphatic heterocycles. The number of carbonyl (C=O) groups is 2. The molecule has 0 saturated carbocycles. The van der Waals surface area contributed by atoms with Crippen LogP contribution in [0.3, 0.4) is 0 Å². The lowest BCUT2D eigenvalue weighted by molar-refractivity contribution is -0.127. The summed E-state index contributed by atoms with van der Waals surface area (Å²) >= 11 is 0. The summed E-state index contributed by atoms with van der Waals surface area (Å²) in [4.78, 5) is 29.5. The molecule has 1 aromatic carbocycles. The van der Waals surface area contributed by atoms with Gasteiger partial charge in [-0.3, -0.25) is 14.5 Å². The van der Waals surface area contributed by atoms with E-state index in [0.29, 0.717) is 43.4 Å². The maximum absolute atomic E-state index is 13.0. The quantitative estimate of drug-likeness (QED) is 0.256. The third-order valence-corrected chi connectivity index (χ3v) is 6.34. The van der Waals surface area contributed by atoms with E-state index in [2.05, 4.69) is 16.8 Å². The first-order valence-corrected chi connectivity index (χ1v) is 14.0. The second-order valence-corrected chi connectivity index (χ2v) is 10.1. The lowest BCUT2D eigenvalue weighted by Crippen LogP contribution is -2.43. The van der Waals surface area contributed by atoms with E-state index in [0.717, 1.165) is 43.9 Å². The van der Waals surface area contributed by atoms with E-state index in [4.69, 9.17) is 4.74 Å². The highest BCUT2D eigenvalue weighted by Crippen LogP contribution is 2.17. The van der Waals surface area contributed by atoms with Gasteiger partial charge in [0.05, 0.1) is 12.7 Å². The van der Waals surface area contributed by atoms with Crippen molar-refractivity contribution in [2.75, 3.05) is 46.4 Å². The maximum atomic E-state index is 13.0. The first-order chi connectivity index (χ1) is 19.0. The summed E-state index contributed by atoms with van der Waals surface area (Å²) < 4.78 is 29.6. The number of amides is 2. The Bertz CT molecular complexity index is 956. The lowest BCUT2D eigenvalue weighted by Gasteiger charge is -2.26. The van der Waals surface area contributed by atoms with E-state index in [-0.39, 0.29) is 12.5 Å². The molecule has 1 aromatic rings. The molecule has 1 fully saturated rings. The molecule has 224 valence electrons. The zero-order chi connectivity index (χ0) is 30.1. The zero-order valence-corrected chi connectivity index (χ0v) is 24.7. The first kappa shape index (κ1) is 35.1. The fourth-order valence-corrected chi connectivity index (χ4v) is 4.46. The number of ether oxygens (including phenoxy) is 1. The molecular weight excluding hydrogens is 516 g/mol. The van der Waals surface area contributed by atoms with Crippen molar-refractivity contribution >= 4 is 11.8 Å². The molecule has 2 unspecified atom stereocenters. The van der Waals surface area contributed by atoms with E-state index in [1.165, 1.54) is 18.2 Å². The fraction of sp³-hybridized carbons (Fsp3) is 0.548. The highest BCUT2D eigenvalue weighted by Gasteiger charge is 2.26. The number of aliphatic hydroxyl groups is 1. The summed E-state index contributed by atoms with van der Waals surface area (Å²) in [7, 11) is 1.68. The predicted molar refractivity (Wildman–Crippen MR) is 156 cm³/mol. The van der Waals surface area contributed by atoms with Crippen LogP contribution < -0.4 is 5.32 Å². The number of methoxy groups -OCH3 is 1. The van der Waals surface area contributed by atoms with Gasteiger partial charge in [0.15, 0.2) is 0 Å². The minimum absolute atomic E-state index is 0.130. The van der Waals surface area contributed by atoms with Gasteiger partial charge in [-0.1, -0.05) is 32.1 Å². The van der Waals surface area contributed by atoms with Gasteiger partial charge in [-0.25, -0.2) is 8.78 Å². The average molecular weight is 564 g/mol. The van der Waals surface area contributed by atoms with Gasteiger partial charge in [-0.05, 0) is 69.8 Å². The highest BCUT2D eigenvalue weighted by atomic mass is 19.1. The van der Waals surface area contributed by atoms with E-state index in [9.17, 15) is 23.5 Å². The van der Waals surface area contributed by atoms with Gasteiger partial charge in [-0.2, -0.15) is 0 Å². The van der Waals surface area contributed by atoms with E-state index < -0.39 is 23.6 Å². The Hall–Kier alpha value is -2.88. The van der Waals surface area contributed by atoms with Gasteiger partial charge in [0.1, 0.15) is 11.6 Å². The van der Waals surface area contributed by atoms with Crippen LogP contribution >= 0.6 is 0 Å². The second kappa shape index (κ2) is 19.2. The number of rotatable bonds is 14. The van der Waals surface area contributed by atoms with Crippen molar-refractivity contribution < 1.29 is 28.2 Å². The topological polar surface area (TPSA) is 82.1 Å². The van der Waals surface area contributed by atoms with Crippen LogP contribution in [0.4, 0.5) is 8.78 Å². The van der Waals surface area contributed by atoms with Crippen LogP contribution in [0.1, 0.15) is 52.0 Å². The first-order valence-electron chi connectivity index (χ1n) is 14.0. The van der Waals surface area contributed by atoms with Crippen molar-refractivity contribution in [3.63, 3.8) is 0 Å². The summed E-state index contributed by atoms with van der Waals surface area (Å²) in [6.07, 6.45) is 7.82. The van der Waals surface area contributed by atoms with E-state index >= 15 is 0 Å². The van der Waals surface area contributed by atoms with Crippen molar-refractivity contribution in [2.24, 2.45) is 0 Å². The molecule has 0 bridgehead atoms. The molecule has 1 aliphatic rings. The normalized spacial score (nSPS) is 16.6. The number of allylic oxidation sites excluding steroid dienone is 2. The fourth-order valence-electron chi connectivity index (χ4n) is 4.46. The Morgan fingerprint density at radius 1 is 1.20 bits per heavy atom. The third kappa shape index (κ3) is 13.5. The Kier molecular flexibility index (Phi) is 16.9. The number of likely N-dealkylation sites (tertiary alicyclic amines) is 1. The van der Waals surface area contributed by atoms with Crippen LogP contribution in [0.15, 0.2) is 54.2 Å². The summed E-state index contributed by atoms with van der Waals surface area (Å²) in [5.41, 5.74) is 1.73. The standard InChI is InChI=1S/C24H41N3O4.C7H6F2/c1-6-11-26(12-7-2)24(30)20(14-19(4)8-3)15-23(29)25-16-22(28)17-27-13-9-10-21(27)18-31-5;1-5-2-6(8)4-7(9)3-5/h8,14-15,21-22,28H,3,6-7,9-13,16-18H2,1-2,4-5H3,(H,25,29);2-4H,1H3/b19-14-,20-15+;. The molecule has 2 rings (SSSR count).